The van der Waals surface area contributed by atoms with Crippen molar-refractivity contribution in [3.63, 3.8) is 0 Å². The number of aromatic hydroxyl groups is 1. The molecular formula is C13H11NO2S. The number of hydrogen-bond donors (Lipinski definition) is 3. The molecule has 0 bridgehead atoms. The number of carbonyl (C=O) groups is 1. The van der Waals surface area contributed by atoms with Crippen LogP contribution in [-0.4, -0.2) is 11.0 Å². The Kier molecular flexibility index (Phi) is 3.35. The van der Waals surface area contributed by atoms with Gasteiger partial charge in [-0.25, -0.2) is 0 Å². The lowest BCUT2D eigenvalue weighted by Crippen LogP contribution is -2.12. The van der Waals surface area contributed by atoms with Crippen LogP contribution in [0.1, 0.15) is 10.4 Å². The Bertz CT molecular complexity index is 555. The zero-order valence-electron chi connectivity index (χ0n) is 8.92. The second kappa shape index (κ2) is 4.93. The van der Waals surface area contributed by atoms with E-state index in [4.69, 9.17) is 0 Å². The number of phenols is 1. The van der Waals surface area contributed by atoms with Crippen LogP contribution in [0.3, 0.4) is 0 Å². The summed E-state index contributed by atoms with van der Waals surface area (Å²) in [6, 6.07) is 13.6. The van der Waals surface area contributed by atoms with Gasteiger partial charge in [0.1, 0.15) is 5.75 Å². The highest BCUT2D eigenvalue weighted by molar-refractivity contribution is 7.80. The van der Waals surface area contributed by atoms with Gasteiger partial charge in [-0.2, -0.15) is 0 Å². The molecule has 2 aromatic carbocycles. The fraction of sp³-hybridized carbons (Fsp3) is 0. The number of benzene rings is 2. The van der Waals surface area contributed by atoms with Crippen LogP contribution in [0.15, 0.2) is 53.4 Å². The number of para-hydroxylation sites is 2. The Morgan fingerprint density at radius 3 is 2.41 bits per heavy atom. The molecule has 2 rings (SSSR count). The van der Waals surface area contributed by atoms with E-state index in [1.165, 1.54) is 6.07 Å². The first-order valence-electron chi connectivity index (χ1n) is 5.06. The van der Waals surface area contributed by atoms with Gasteiger partial charge in [0, 0.05) is 4.90 Å². The van der Waals surface area contributed by atoms with Crippen LogP contribution in [-0.2, 0) is 0 Å². The molecule has 0 saturated heterocycles. The van der Waals surface area contributed by atoms with Crippen molar-refractivity contribution in [3.05, 3.63) is 54.1 Å². The summed E-state index contributed by atoms with van der Waals surface area (Å²) >= 11 is 4.23. The average Bonchev–Trinajstić information content (AvgIpc) is 2.32. The molecule has 2 N–H and O–H groups in total. The van der Waals surface area contributed by atoms with E-state index in [0.717, 1.165) is 0 Å². The zero-order valence-corrected chi connectivity index (χ0v) is 9.82. The van der Waals surface area contributed by atoms with Crippen molar-refractivity contribution in [1.29, 1.82) is 0 Å². The summed E-state index contributed by atoms with van der Waals surface area (Å²) in [7, 11) is 0. The van der Waals surface area contributed by atoms with Gasteiger partial charge >= 0.3 is 0 Å². The van der Waals surface area contributed by atoms with E-state index < -0.39 is 0 Å². The number of carbonyl (C=O) groups excluding carboxylic acids is 1. The van der Waals surface area contributed by atoms with E-state index in [1.54, 1.807) is 36.4 Å². The lowest BCUT2D eigenvalue weighted by Gasteiger charge is -2.08. The highest BCUT2D eigenvalue weighted by atomic mass is 32.1. The average molecular weight is 245 g/mol. The molecule has 0 aliphatic carbocycles. The van der Waals surface area contributed by atoms with Crippen LogP contribution in [0.25, 0.3) is 0 Å². The molecule has 0 fully saturated rings. The first-order chi connectivity index (χ1) is 8.18. The highest BCUT2D eigenvalue weighted by Gasteiger charge is 2.11. The molecular weight excluding hydrogens is 234 g/mol. The Labute approximate surface area is 105 Å². The van der Waals surface area contributed by atoms with Crippen LogP contribution >= 0.6 is 12.6 Å². The molecule has 0 aromatic heterocycles. The summed E-state index contributed by atoms with van der Waals surface area (Å²) in [5.74, 6) is -0.397. The summed E-state index contributed by atoms with van der Waals surface area (Å²) in [5, 5.41) is 12.2. The molecule has 0 atom stereocenters. The van der Waals surface area contributed by atoms with E-state index >= 15 is 0 Å². The Balaban J connectivity index is 2.24. The smallest absolute Gasteiger partial charge is 0.259 e. The second-order valence-electron chi connectivity index (χ2n) is 3.49. The molecule has 0 aliphatic rings. The molecule has 0 unspecified atom stereocenters. The van der Waals surface area contributed by atoms with E-state index in [9.17, 15) is 9.90 Å². The van der Waals surface area contributed by atoms with E-state index in [2.05, 4.69) is 17.9 Å². The second-order valence-corrected chi connectivity index (χ2v) is 3.97. The summed E-state index contributed by atoms with van der Waals surface area (Å²) in [6.07, 6.45) is 0. The molecule has 0 heterocycles. The highest BCUT2D eigenvalue weighted by Crippen LogP contribution is 2.21. The summed E-state index contributed by atoms with van der Waals surface area (Å²) in [4.78, 5) is 12.6. The number of rotatable bonds is 2. The number of hydrogen-bond acceptors (Lipinski definition) is 3. The third-order valence-electron chi connectivity index (χ3n) is 2.30. The van der Waals surface area contributed by atoms with Crippen molar-refractivity contribution in [3.8, 4) is 5.75 Å². The van der Waals surface area contributed by atoms with E-state index in [0.29, 0.717) is 10.6 Å². The minimum atomic E-state index is -0.357. The summed E-state index contributed by atoms with van der Waals surface area (Å²) in [5.41, 5.74) is 0.855. The van der Waals surface area contributed by atoms with Crippen LogP contribution in [0, 0.1) is 0 Å². The topological polar surface area (TPSA) is 49.3 Å². The maximum Gasteiger partial charge on any atom is 0.259 e. The molecule has 17 heavy (non-hydrogen) atoms. The predicted octanol–water partition coefficient (Wildman–Crippen LogP) is 2.93. The maximum absolute atomic E-state index is 11.9. The van der Waals surface area contributed by atoms with Crippen LogP contribution in [0.5, 0.6) is 5.75 Å². The van der Waals surface area contributed by atoms with Gasteiger partial charge in [-0.05, 0) is 24.3 Å². The summed E-state index contributed by atoms with van der Waals surface area (Å²) < 4.78 is 0. The van der Waals surface area contributed by atoms with Crippen molar-refractivity contribution < 1.29 is 9.90 Å². The zero-order chi connectivity index (χ0) is 12.3. The standard InChI is InChI=1S/C13H11NO2S/c15-11-7-3-1-5-9(11)13(16)14-10-6-2-4-8-12(10)17/h1-8,15,17H,(H,14,16). The lowest BCUT2D eigenvalue weighted by molar-refractivity contribution is 0.102. The molecule has 4 heteroatoms. The number of nitrogens with one attached hydrogen (secondary N) is 1. The third-order valence-corrected chi connectivity index (χ3v) is 2.69. The Hall–Kier alpha value is -1.94. The molecule has 86 valence electrons. The molecule has 0 radical (unpaired) electrons. The monoisotopic (exact) mass is 245 g/mol. The number of amides is 1. The minimum Gasteiger partial charge on any atom is -0.507 e. The van der Waals surface area contributed by atoms with Crippen molar-refractivity contribution in [1.82, 2.24) is 0 Å². The molecule has 3 nitrogen and oxygen atoms in total. The molecule has 1 amide bonds. The Morgan fingerprint density at radius 2 is 1.71 bits per heavy atom. The van der Waals surface area contributed by atoms with Gasteiger partial charge in [0.15, 0.2) is 0 Å². The van der Waals surface area contributed by atoms with Gasteiger partial charge < -0.3 is 10.4 Å². The van der Waals surface area contributed by atoms with E-state index in [1.807, 2.05) is 6.07 Å². The number of anilines is 1. The van der Waals surface area contributed by atoms with Gasteiger partial charge in [0.2, 0.25) is 0 Å². The first-order valence-corrected chi connectivity index (χ1v) is 5.50. The van der Waals surface area contributed by atoms with Crippen molar-refractivity contribution in [2.45, 2.75) is 4.90 Å². The fourth-order valence-electron chi connectivity index (χ4n) is 1.43. The fourth-order valence-corrected chi connectivity index (χ4v) is 1.65. The van der Waals surface area contributed by atoms with Gasteiger partial charge in [-0.1, -0.05) is 24.3 Å². The van der Waals surface area contributed by atoms with Crippen LogP contribution in [0.4, 0.5) is 5.69 Å². The van der Waals surface area contributed by atoms with Gasteiger partial charge in [-0.3, -0.25) is 4.79 Å². The maximum atomic E-state index is 11.9. The normalized spacial score (nSPS) is 9.94. The minimum absolute atomic E-state index is 0.0401. The SMILES string of the molecule is O=C(Nc1ccccc1S)c1ccccc1O. The molecule has 0 saturated carbocycles. The number of thiol groups is 1. The quantitative estimate of drug-likeness (QED) is 0.712. The van der Waals surface area contributed by atoms with Crippen LogP contribution < -0.4 is 5.32 Å². The van der Waals surface area contributed by atoms with Crippen molar-refractivity contribution in [2.24, 2.45) is 0 Å². The molecule has 0 spiro atoms. The lowest BCUT2D eigenvalue weighted by atomic mass is 10.2. The number of phenolic OH excluding ortho intramolecular Hbond substituents is 1. The third kappa shape index (κ3) is 2.60. The first kappa shape index (κ1) is 11.5. The van der Waals surface area contributed by atoms with Gasteiger partial charge in [0.05, 0.1) is 11.3 Å². The Morgan fingerprint density at radius 1 is 1.06 bits per heavy atom. The van der Waals surface area contributed by atoms with Crippen molar-refractivity contribution >= 4 is 24.2 Å². The molecule has 2 aromatic rings. The van der Waals surface area contributed by atoms with Crippen molar-refractivity contribution in [2.75, 3.05) is 5.32 Å². The predicted molar refractivity (Wildman–Crippen MR) is 69.8 cm³/mol. The summed E-state index contributed by atoms with van der Waals surface area (Å²) in [6.45, 7) is 0. The largest absolute Gasteiger partial charge is 0.507 e. The van der Waals surface area contributed by atoms with Gasteiger partial charge in [-0.15, -0.1) is 12.6 Å². The van der Waals surface area contributed by atoms with E-state index in [-0.39, 0.29) is 17.2 Å². The van der Waals surface area contributed by atoms with Gasteiger partial charge in [0.25, 0.3) is 5.91 Å². The molecule has 0 aliphatic heterocycles. The van der Waals surface area contributed by atoms with Crippen LogP contribution in [0.2, 0.25) is 0 Å².